The Bertz CT molecular complexity index is 1450. The van der Waals surface area contributed by atoms with Crippen molar-refractivity contribution >= 4 is 29.2 Å². The molecule has 1 fully saturated rings. The number of esters is 1. The van der Waals surface area contributed by atoms with Crippen molar-refractivity contribution in [1.29, 1.82) is 0 Å². The van der Waals surface area contributed by atoms with Gasteiger partial charge in [0.15, 0.2) is 0 Å². The van der Waals surface area contributed by atoms with Crippen LogP contribution in [0.4, 0.5) is 5.69 Å². The highest BCUT2D eigenvalue weighted by Crippen LogP contribution is 2.48. The van der Waals surface area contributed by atoms with Crippen molar-refractivity contribution in [2.75, 3.05) is 24.6 Å². The van der Waals surface area contributed by atoms with Crippen LogP contribution in [0, 0.1) is 17.8 Å². The van der Waals surface area contributed by atoms with E-state index in [9.17, 15) is 24.9 Å². The maximum atomic E-state index is 13.3. The molecule has 3 N–H and O–H groups in total. The number of rotatable bonds is 9. The van der Waals surface area contributed by atoms with Gasteiger partial charge in [-0.05, 0) is 112 Å². The molecule has 0 aromatic heterocycles. The van der Waals surface area contributed by atoms with E-state index in [-0.39, 0.29) is 29.2 Å². The Hall–Kier alpha value is -3.07. The summed E-state index contributed by atoms with van der Waals surface area (Å²) in [6, 6.07) is 11.0. The number of aryl methyl sites for hydroxylation is 1. The van der Waals surface area contributed by atoms with Crippen molar-refractivity contribution in [3.8, 4) is 5.75 Å². The number of ether oxygens (including phenoxy) is 2. The van der Waals surface area contributed by atoms with E-state index < -0.39 is 35.2 Å². The number of carboxylic acid groups (broad SMARTS) is 1. The highest BCUT2D eigenvalue weighted by Gasteiger charge is 2.51. The molecule has 244 valence electrons. The number of halogens is 1. The SMILES string of the molecule is C=C[C@H](O)[C@@H]1CC[C@H]1CN1C[C@@]2(CCCc3cc(Cl)ccc32)COc2ccc([C@@](O)(C(=O)O)[C@H](CC)C(=O)OC(C)(C)C)cc21. The molecule has 1 heterocycles. The van der Waals surface area contributed by atoms with Crippen LogP contribution in [0.1, 0.15) is 76.5 Å². The maximum absolute atomic E-state index is 13.3. The Balaban J connectivity index is 1.60. The van der Waals surface area contributed by atoms with Gasteiger partial charge in [-0.3, -0.25) is 4.79 Å². The van der Waals surface area contributed by atoms with Gasteiger partial charge in [0.2, 0.25) is 5.60 Å². The molecule has 2 aromatic rings. The Morgan fingerprint density at radius 2 is 1.98 bits per heavy atom. The summed E-state index contributed by atoms with van der Waals surface area (Å²) < 4.78 is 12.1. The average Bonchev–Trinajstić information content (AvgIpc) is 3.11. The van der Waals surface area contributed by atoms with Crippen LogP contribution in [0.25, 0.3) is 0 Å². The van der Waals surface area contributed by atoms with Gasteiger partial charge < -0.3 is 29.7 Å². The summed E-state index contributed by atoms with van der Waals surface area (Å²) >= 11 is 6.40. The van der Waals surface area contributed by atoms with Gasteiger partial charge in [-0.25, -0.2) is 4.79 Å². The smallest absolute Gasteiger partial charge is 0.341 e. The van der Waals surface area contributed by atoms with Gasteiger partial charge in [-0.1, -0.05) is 36.7 Å². The van der Waals surface area contributed by atoms with E-state index in [0.29, 0.717) is 36.2 Å². The number of aliphatic hydroxyl groups is 2. The molecular formula is C36H46ClNO7. The Morgan fingerprint density at radius 3 is 2.60 bits per heavy atom. The zero-order valence-corrected chi connectivity index (χ0v) is 27.5. The molecule has 9 heteroatoms. The molecule has 6 atom stereocenters. The minimum absolute atomic E-state index is 0.0562. The fourth-order valence-electron chi connectivity index (χ4n) is 7.56. The van der Waals surface area contributed by atoms with Gasteiger partial charge in [0.05, 0.1) is 18.4 Å². The van der Waals surface area contributed by atoms with Gasteiger partial charge in [-0.2, -0.15) is 0 Å². The van der Waals surface area contributed by atoms with Crippen molar-refractivity contribution in [1.82, 2.24) is 0 Å². The third kappa shape index (κ3) is 6.34. The molecular weight excluding hydrogens is 594 g/mol. The first-order valence-corrected chi connectivity index (χ1v) is 16.4. The number of carbonyl (C=O) groups is 2. The molecule has 1 aliphatic heterocycles. The standard InChI is InChI=1S/C36H46ClNO7/c1-6-27(32(40)45-34(3,4)5)36(43,33(41)42)24-11-15-31-29(18-24)38(19-23-10-13-26(23)30(39)7-2)20-35(21-44-31)16-8-9-22-17-25(37)12-14-28(22)35/h7,11-12,14-15,17-18,23,26-27,30,39,43H,2,6,8-10,13,16,19-21H2,1,3-5H3,(H,41,42)/t23-,26+,27+,30-,35-,36-/m0/s1. The second-order valence-electron chi connectivity index (χ2n) is 14.1. The van der Waals surface area contributed by atoms with Gasteiger partial charge in [0, 0.05) is 23.5 Å². The number of carboxylic acids is 1. The lowest BCUT2D eigenvalue weighted by molar-refractivity contribution is -0.184. The van der Waals surface area contributed by atoms with E-state index >= 15 is 0 Å². The molecule has 0 amide bonds. The van der Waals surface area contributed by atoms with E-state index in [2.05, 4.69) is 17.5 Å². The number of aliphatic carboxylic acids is 1. The summed E-state index contributed by atoms with van der Waals surface area (Å²) in [5.74, 6) is -2.81. The molecule has 45 heavy (non-hydrogen) atoms. The molecule has 3 aliphatic rings. The third-order valence-corrected chi connectivity index (χ3v) is 10.3. The van der Waals surface area contributed by atoms with Crippen LogP contribution in [0.3, 0.4) is 0 Å². The largest absolute Gasteiger partial charge is 0.490 e. The average molecular weight is 640 g/mol. The number of anilines is 1. The zero-order valence-electron chi connectivity index (χ0n) is 26.7. The number of hydrogen-bond donors (Lipinski definition) is 3. The van der Waals surface area contributed by atoms with Crippen molar-refractivity contribution in [2.24, 2.45) is 17.8 Å². The van der Waals surface area contributed by atoms with E-state index in [1.54, 1.807) is 52.0 Å². The predicted octanol–water partition coefficient (Wildman–Crippen LogP) is 6.03. The normalized spacial score (nSPS) is 25.4. The lowest BCUT2D eigenvalue weighted by atomic mass is 9.68. The molecule has 2 aromatic carbocycles. The van der Waals surface area contributed by atoms with Crippen molar-refractivity contribution in [2.45, 2.75) is 88.9 Å². The zero-order chi connectivity index (χ0) is 32.7. The molecule has 0 unspecified atom stereocenters. The van der Waals surface area contributed by atoms with Gasteiger partial charge in [0.25, 0.3) is 0 Å². The van der Waals surface area contributed by atoms with E-state index in [4.69, 9.17) is 21.1 Å². The second-order valence-corrected chi connectivity index (χ2v) is 14.5. The summed E-state index contributed by atoms with van der Waals surface area (Å²) in [5, 5.41) is 33.7. The van der Waals surface area contributed by atoms with Crippen LogP contribution < -0.4 is 9.64 Å². The van der Waals surface area contributed by atoms with E-state index in [0.717, 1.165) is 32.1 Å². The van der Waals surface area contributed by atoms with Crippen LogP contribution >= 0.6 is 11.6 Å². The Kier molecular flexibility index (Phi) is 9.33. The fourth-order valence-corrected chi connectivity index (χ4v) is 7.75. The van der Waals surface area contributed by atoms with Crippen LogP contribution in [-0.4, -0.2) is 58.7 Å². The van der Waals surface area contributed by atoms with Crippen molar-refractivity contribution < 1.29 is 34.4 Å². The minimum atomic E-state index is -2.53. The lowest BCUT2D eigenvalue weighted by Gasteiger charge is -2.45. The fraction of sp³-hybridized carbons (Fsp3) is 0.556. The summed E-state index contributed by atoms with van der Waals surface area (Å²) in [5.41, 5.74) is -0.591. The van der Waals surface area contributed by atoms with Crippen molar-refractivity contribution in [3.05, 3.63) is 70.8 Å². The first-order valence-electron chi connectivity index (χ1n) is 16.0. The number of carbonyl (C=O) groups excluding carboxylic acids is 1. The first-order chi connectivity index (χ1) is 21.2. The molecule has 0 bridgehead atoms. The molecule has 1 saturated carbocycles. The molecule has 2 aliphatic carbocycles. The lowest BCUT2D eigenvalue weighted by Crippen LogP contribution is -2.50. The number of benzene rings is 2. The second kappa shape index (κ2) is 12.6. The third-order valence-electron chi connectivity index (χ3n) is 10.0. The van der Waals surface area contributed by atoms with Gasteiger partial charge in [-0.15, -0.1) is 6.58 Å². The number of nitrogens with zero attached hydrogens (tertiary/aromatic N) is 1. The van der Waals surface area contributed by atoms with Crippen molar-refractivity contribution in [3.63, 3.8) is 0 Å². The van der Waals surface area contributed by atoms with Crippen LogP contribution in [0.2, 0.25) is 5.02 Å². The van der Waals surface area contributed by atoms with Gasteiger partial charge in [0.1, 0.15) is 17.3 Å². The van der Waals surface area contributed by atoms with Crippen LogP contribution in [0.15, 0.2) is 49.1 Å². The van der Waals surface area contributed by atoms with E-state index in [1.165, 1.54) is 11.1 Å². The summed E-state index contributed by atoms with van der Waals surface area (Å²) in [7, 11) is 0. The quantitative estimate of drug-likeness (QED) is 0.225. The maximum Gasteiger partial charge on any atom is 0.341 e. The van der Waals surface area contributed by atoms with Crippen LogP contribution in [0.5, 0.6) is 5.75 Å². The molecule has 0 radical (unpaired) electrons. The number of aliphatic hydroxyl groups excluding tert-OH is 1. The number of fused-ring (bicyclic) bond motifs is 3. The Morgan fingerprint density at radius 1 is 1.22 bits per heavy atom. The molecule has 0 saturated heterocycles. The summed E-state index contributed by atoms with van der Waals surface area (Å²) in [4.78, 5) is 28.3. The van der Waals surface area contributed by atoms with Gasteiger partial charge >= 0.3 is 11.9 Å². The minimum Gasteiger partial charge on any atom is -0.490 e. The highest BCUT2D eigenvalue weighted by molar-refractivity contribution is 6.30. The summed E-state index contributed by atoms with van der Waals surface area (Å²) in [6.45, 7) is 12.2. The first kappa shape index (κ1) is 33.3. The Labute approximate surface area is 271 Å². The number of hydrogen-bond acceptors (Lipinski definition) is 7. The molecule has 8 nitrogen and oxygen atoms in total. The molecule has 1 spiro atoms. The summed E-state index contributed by atoms with van der Waals surface area (Å²) in [6.07, 6.45) is 5.68. The van der Waals surface area contributed by atoms with Crippen LogP contribution in [-0.2, 0) is 31.8 Å². The monoisotopic (exact) mass is 639 g/mol. The van der Waals surface area contributed by atoms with E-state index in [1.807, 2.05) is 12.1 Å². The molecule has 5 rings (SSSR count). The topological polar surface area (TPSA) is 117 Å². The predicted molar refractivity (Wildman–Crippen MR) is 174 cm³/mol. The highest BCUT2D eigenvalue weighted by atomic mass is 35.5.